The number of para-hydroxylation sites is 1. The van der Waals surface area contributed by atoms with Gasteiger partial charge in [0.15, 0.2) is 0 Å². The van der Waals surface area contributed by atoms with Gasteiger partial charge < -0.3 is 4.57 Å². The number of nitrogens with zero attached hydrogens (tertiary/aromatic N) is 2. The van der Waals surface area contributed by atoms with Crippen molar-refractivity contribution in [1.29, 1.82) is 0 Å². The number of sulfonamides is 1. The third-order valence-electron chi connectivity index (χ3n) is 5.67. The largest absolute Gasteiger partial charge is 0.319 e. The molecule has 5 rings (SSSR count). The van der Waals surface area contributed by atoms with Gasteiger partial charge in [-0.15, -0.1) is 0 Å². The van der Waals surface area contributed by atoms with Crippen LogP contribution >= 0.6 is 0 Å². The predicted molar refractivity (Wildman–Crippen MR) is 118 cm³/mol. The van der Waals surface area contributed by atoms with E-state index in [0.29, 0.717) is 11.4 Å². The average Bonchev–Trinajstić information content (AvgIpc) is 3.19. The molecule has 4 nitrogen and oxygen atoms in total. The van der Waals surface area contributed by atoms with E-state index in [-0.39, 0.29) is 0 Å². The maximum Gasteiger partial charge on any atom is 0.244 e. The Hall–Kier alpha value is -3.15. The highest BCUT2D eigenvalue weighted by Crippen LogP contribution is 2.39. The van der Waals surface area contributed by atoms with Crippen LogP contribution in [0.2, 0.25) is 0 Å². The molecule has 3 aromatic carbocycles. The topological polar surface area (TPSA) is 42.3 Å². The van der Waals surface area contributed by atoms with E-state index in [9.17, 15) is 8.42 Å². The molecule has 1 aliphatic heterocycles. The Morgan fingerprint density at radius 1 is 0.800 bits per heavy atom. The monoisotopic (exact) mass is 414 g/mol. The Balaban J connectivity index is 1.78. The molecule has 0 saturated heterocycles. The number of aromatic nitrogens is 1. The third-order valence-corrected chi connectivity index (χ3v) is 7.49. The van der Waals surface area contributed by atoms with Crippen LogP contribution in [0.5, 0.6) is 0 Å². The Labute approximate surface area is 177 Å². The Kier molecular flexibility index (Phi) is 4.57. The third kappa shape index (κ3) is 3.07. The number of fused-ring (bicyclic) bond motifs is 3. The second kappa shape index (κ2) is 7.27. The Morgan fingerprint density at radius 2 is 1.50 bits per heavy atom. The van der Waals surface area contributed by atoms with Gasteiger partial charge in [-0.25, -0.2) is 8.42 Å². The fourth-order valence-electron chi connectivity index (χ4n) is 4.16. The van der Waals surface area contributed by atoms with Crippen LogP contribution in [0.25, 0.3) is 5.69 Å². The number of hydrogen-bond donors (Lipinski definition) is 0. The van der Waals surface area contributed by atoms with Crippen LogP contribution in [0.15, 0.2) is 102 Å². The van der Waals surface area contributed by atoms with E-state index in [4.69, 9.17) is 0 Å². The smallest absolute Gasteiger partial charge is 0.244 e. The molecule has 0 bridgehead atoms. The normalized spacial score (nSPS) is 16.5. The van der Waals surface area contributed by atoms with Crippen LogP contribution in [0.3, 0.4) is 0 Å². The summed E-state index contributed by atoms with van der Waals surface area (Å²) in [5, 5.41) is 0. The lowest BCUT2D eigenvalue weighted by Crippen LogP contribution is -2.34. The number of hydrogen-bond acceptors (Lipinski definition) is 2. The minimum absolute atomic E-state index is 0.299. The van der Waals surface area contributed by atoms with Crippen LogP contribution in [-0.4, -0.2) is 17.3 Å². The van der Waals surface area contributed by atoms with Crippen molar-refractivity contribution in [3.05, 3.63) is 120 Å². The van der Waals surface area contributed by atoms with E-state index >= 15 is 0 Å². The molecule has 2 heterocycles. The zero-order valence-electron chi connectivity index (χ0n) is 16.6. The van der Waals surface area contributed by atoms with Crippen molar-refractivity contribution in [2.24, 2.45) is 0 Å². The van der Waals surface area contributed by atoms with Crippen LogP contribution in [-0.2, 0) is 16.6 Å². The van der Waals surface area contributed by atoms with Gasteiger partial charge in [-0.3, -0.25) is 0 Å². The number of rotatable bonds is 3. The Morgan fingerprint density at radius 3 is 2.27 bits per heavy atom. The second-order valence-corrected chi connectivity index (χ2v) is 9.50. The van der Waals surface area contributed by atoms with Crippen molar-refractivity contribution >= 4 is 10.0 Å². The van der Waals surface area contributed by atoms with Gasteiger partial charge in [0.05, 0.1) is 10.9 Å². The first-order valence-corrected chi connectivity index (χ1v) is 11.4. The highest BCUT2D eigenvalue weighted by Gasteiger charge is 2.37. The minimum Gasteiger partial charge on any atom is -0.319 e. The van der Waals surface area contributed by atoms with Crippen LogP contribution in [0.1, 0.15) is 28.4 Å². The summed E-state index contributed by atoms with van der Waals surface area (Å²) in [5.74, 6) is 0. The molecule has 4 aromatic rings. The van der Waals surface area contributed by atoms with Crippen LogP contribution in [0.4, 0.5) is 0 Å². The number of benzene rings is 3. The lowest BCUT2D eigenvalue weighted by atomic mass is 10.0. The standard InChI is InChI=1S/C25H22N2O2S/c1-19-13-15-20(16-14-19)25-24-12-7-17-26(24)23-11-6-5-8-21(23)18-27(25)30(28,29)22-9-3-2-4-10-22/h2-17,25H,18H2,1H3/t25-/m1/s1. The molecule has 1 aromatic heterocycles. The first-order chi connectivity index (χ1) is 14.6. The maximum atomic E-state index is 13.8. The maximum absolute atomic E-state index is 13.8. The van der Waals surface area contributed by atoms with Crippen molar-refractivity contribution in [3.8, 4) is 5.69 Å². The quantitative estimate of drug-likeness (QED) is 0.469. The summed E-state index contributed by atoms with van der Waals surface area (Å²) >= 11 is 0. The molecule has 0 N–H and O–H groups in total. The zero-order chi connectivity index (χ0) is 20.7. The molecule has 0 fully saturated rings. The summed E-state index contributed by atoms with van der Waals surface area (Å²) in [4.78, 5) is 0.305. The molecule has 0 radical (unpaired) electrons. The van der Waals surface area contributed by atoms with E-state index in [1.165, 1.54) is 0 Å². The van der Waals surface area contributed by atoms with Crippen molar-refractivity contribution < 1.29 is 8.42 Å². The SMILES string of the molecule is Cc1ccc([C@@H]2c3cccn3-c3ccccc3CN2S(=O)(=O)c2ccccc2)cc1. The Bertz CT molecular complexity index is 1290. The van der Waals surface area contributed by atoms with Gasteiger partial charge in [-0.2, -0.15) is 4.31 Å². The summed E-state index contributed by atoms with van der Waals surface area (Å²) in [5.41, 5.74) is 5.02. The van der Waals surface area contributed by atoms with Gasteiger partial charge in [-0.1, -0.05) is 66.2 Å². The zero-order valence-corrected chi connectivity index (χ0v) is 17.5. The fraction of sp³-hybridized carbons (Fsp3) is 0.120. The molecule has 0 amide bonds. The summed E-state index contributed by atoms with van der Waals surface area (Å²) in [7, 11) is -3.74. The molecule has 0 aliphatic carbocycles. The summed E-state index contributed by atoms with van der Waals surface area (Å²) in [6.45, 7) is 2.33. The first kappa shape index (κ1) is 18.9. The van der Waals surface area contributed by atoms with E-state index in [0.717, 1.165) is 28.1 Å². The lowest BCUT2D eigenvalue weighted by Gasteiger charge is -2.30. The van der Waals surface area contributed by atoms with E-state index in [1.807, 2.05) is 79.9 Å². The van der Waals surface area contributed by atoms with Gasteiger partial charge in [0.2, 0.25) is 10.0 Å². The molecule has 30 heavy (non-hydrogen) atoms. The predicted octanol–water partition coefficient (Wildman–Crippen LogP) is 5.08. The summed E-state index contributed by atoms with van der Waals surface area (Å²) in [6, 6.07) is 28.4. The van der Waals surface area contributed by atoms with Gasteiger partial charge in [-0.05, 0) is 48.4 Å². The second-order valence-electron chi connectivity index (χ2n) is 7.61. The highest BCUT2D eigenvalue weighted by molar-refractivity contribution is 7.89. The van der Waals surface area contributed by atoms with Crippen LogP contribution in [0, 0.1) is 6.92 Å². The average molecular weight is 415 g/mol. The van der Waals surface area contributed by atoms with Gasteiger partial charge >= 0.3 is 0 Å². The van der Waals surface area contributed by atoms with Crippen molar-refractivity contribution in [2.45, 2.75) is 24.4 Å². The fourth-order valence-corrected chi connectivity index (χ4v) is 5.75. The van der Waals surface area contributed by atoms with Gasteiger partial charge in [0.1, 0.15) is 0 Å². The molecule has 0 saturated carbocycles. The molecule has 1 atom stereocenters. The molecule has 0 spiro atoms. The molecule has 1 aliphatic rings. The molecular formula is C25H22N2O2S. The van der Waals surface area contributed by atoms with Crippen molar-refractivity contribution in [3.63, 3.8) is 0 Å². The number of aryl methyl sites for hydroxylation is 1. The van der Waals surface area contributed by atoms with Gasteiger partial charge in [0, 0.05) is 24.1 Å². The van der Waals surface area contributed by atoms with Crippen LogP contribution < -0.4 is 0 Å². The summed E-state index contributed by atoms with van der Waals surface area (Å²) in [6.07, 6.45) is 2.01. The summed E-state index contributed by atoms with van der Waals surface area (Å²) < 4.78 is 31.4. The molecule has 0 unspecified atom stereocenters. The molecular weight excluding hydrogens is 392 g/mol. The first-order valence-electron chi connectivity index (χ1n) is 9.95. The minimum atomic E-state index is -3.74. The van der Waals surface area contributed by atoms with Crippen molar-refractivity contribution in [2.75, 3.05) is 0 Å². The van der Waals surface area contributed by atoms with E-state index in [2.05, 4.69) is 4.57 Å². The van der Waals surface area contributed by atoms with E-state index < -0.39 is 16.1 Å². The van der Waals surface area contributed by atoms with E-state index in [1.54, 1.807) is 28.6 Å². The molecule has 150 valence electrons. The van der Waals surface area contributed by atoms with Crippen molar-refractivity contribution in [1.82, 2.24) is 8.87 Å². The highest BCUT2D eigenvalue weighted by atomic mass is 32.2. The van der Waals surface area contributed by atoms with Gasteiger partial charge in [0.25, 0.3) is 0 Å². The molecule has 5 heteroatoms. The lowest BCUT2D eigenvalue weighted by molar-refractivity contribution is 0.353.